The summed E-state index contributed by atoms with van der Waals surface area (Å²) in [6, 6.07) is 4.36. The molecular weight excluding hydrogens is 229 g/mol. The number of hydrogen-bond acceptors (Lipinski definition) is 3. The minimum atomic E-state index is -0.263. The van der Waals surface area contributed by atoms with Gasteiger partial charge in [0, 0.05) is 25.2 Å². The highest BCUT2D eigenvalue weighted by Crippen LogP contribution is 2.30. The lowest BCUT2D eigenvalue weighted by atomic mass is 10.2. The molecule has 2 fully saturated rings. The van der Waals surface area contributed by atoms with Crippen LogP contribution in [-0.2, 0) is 0 Å². The number of pyridine rings is 1. The summed E-state index contributed by atoms with van der Waals surface area (Å²) in [6.45, 7) is 2.05. The highest BCUT2D eigenvalue weighted by molar-refractivity contribution is 5.85. The summed E-state index contributed by atoms with van der Waals surface area (Å²) in [4.78, 5) is 6.51. The van der Waals surface area contributed by atoms with Gasteiger partial charge in [-0.1, -0.05) is 0 Å². The van der Waals surface area contributed by atoms with E-state index in [1.54, 1.807) is 6.07 Å². The fraction of sp³-hybridized carbons (Fsp3) is 0.545. The molecule has 88 valence electrons. The molecule has 1 aromatic heterocycles. The lowest BCUT2D eigenvalue weighted by Gasteiger charge is -2.36. The predicted molar refractivity (Wildman–Crippen MR) is 63.6 cm³/mol. The summed E-state index contributed by atoms with van der Waals surface area (Å²) in [6.07, 6.45) is 3.74. The van der Waals surface area contributed by atoms with E-state index >= 15 is 0 Å². The molecule has 1 N–H and O–H groups in total. The van der Waals surface area contributed by atoms with E-state index in [-0.39, 0.29) is 18.2 Å². The lowest BCUT2D eigenvalue weighted by Crippen LogP contribution is -2.52. The van der Waals surface area contributed by atoms with Crippen molar-refractivity contribution in [2.45, 2.75) is 24.9 Å². The van der Waals surface area contributed by atoms with E-state index in [0.717, 1.165) is 18.9 Å². The summed E-state index contributed by atoms with van der Waals surface area (Å²) in [7, 11) is 0. The van der Waals surface area contributed by atoms with Crippen molar-refractivity contribution in [2.24, 2.45) is 0 Å². The van der Waals surface area contributed by atoms with Crippen LogP contribution in [0.1, 0.15) is 12.8 Å². The molecule has 2 bridgehead atoms. The summed E-state index contributed by atoms with van der Waals surface area (Å²) >= 11 is 0. The zero-order valence-electron chi connectivity index (χ0n) is 8.90. The largest absolute Gasteiger partial charge is 0.348 e. The van der Waals surface area contributed by atoms with E-state index in [2.05, 4.69) is 15.2 Å². The first-order valence-electron chi connectivity index (χ1n) is 5.45. The van der Waals surface area contributed by atoms with Crippen molar-refractivity contribution in [1.29, 1.82) is 0 Å². The Morgan fingerprint density at radius 1 is 1.25 bits per heavy atom. The zero-order chi connectivity index (χ0) is 10.3. The maximum Gasteiger partial charge on any atom is 0.141 e. The molecule has 0 aromatic carbocycles. The van der Waals surface area contributed by atoms with Crippen molar-refractivity contribution in [1.82, 2.24) is 10.3 Å². The fourth-order valence-electron chi connectivity index (χ4n) is 2.67. The molecule has 3 rings (SSSR count). The molecule has 2 saturated heterocycles. The maximum atomic E-state index is 12.8. The Kier molecular flexibility index (Phi) is 3.30. The molecule has 16 heavy (non-hydrogen) atoms. The smallest absolute Gasteiger partial charge is 0.141 e. The number of nitrogens with one attached hydrogen (secondary N) is 1. The molecule has 3 heterocycles. The van der Waals surface area contributed by atoms with Crippen LogP contribution < -0.4 is 10.2 Å². The SMILES string of the molecule is Cl.Fc1ccc(N2C3CCC2CNC3)nc1. The van der Waals surface area contributed by atoms with Gasteiger partial charge in [0.25, 0.3) is 0 Å². The van der Waals surface area contributed by atoms with Crippen LogP contribution in [-0.4, -0.2) is 30.2 Å². The zero-order valence-corrected chi connectivity index (χ0v) is 9.71. The molecule has 3 nitrogen and oxygen atoms in total. The Labute approximate surface area is 100 Å². The standard InChI is InChI=1S/C11H14FN3.ClH/c12-8-1-4-11(14-5-8)15-9-2-3-10(15)7-13-6-9;/h1,4-5,9-10,13H,2-3,6-7H2;1H. The average Bonchev–Trinajstić information content (AvgIpc) is 2.51. The summed E-state index contributed by atoms with van der Waals surface area (Å²) in [5, 5.41) is 3.41. The Morgan fingerprint density at radius 3 is 2.50 bits per heavy atom. The third-order valence-corrected chi connectivity index (χ3v) is 3.36. The second-order valence-corrected chi connectivity index (χ2v) is 4.29. The molecule has 2 aliphatic rings. The van der Waals surface area contributed by atoms with Crippen LogP contribution in [0.3, 0.4) is 0 Å². The first-order chi connectivity index (χ1) is 7.34. The van der Waals surface area contributed by atoms with Crippen LogP contribution in [0.4, 0.5) is 10.2 Å². The summed E-state index contributed by atoms with van der Waals surface area (Å²) in [5.41, 5.74) is 0. The van der Waals surface area contributed by atoms with Gasteiger partial charge < -0.3 is 10.2 Å². The summed E-state index contributed by atoms with van der Waals surface area (Å²) in [5.74, 6) is 0.659. The van der Waals surface area contributed by atoms with Crippen molar-refractivity contribution in [3.05, 3.63) is 24.1 Å². The number of piperazine rings is 1. The minimum Gasteiger partial charge on any atom is -0.348 e. The van der Waals surface area contributed by atoms with E-state index < -0.39 is 0 Å². The normalized spacial score (nSPS) is 27.7. The van der Waals surface area contributed by atoms with Crippen LogP contribution >= 0.6 is 12.4 Å². The molecule has 5 heteroatoms. The molecule has 0 amide bonds. The highest BCUT2D eigenvalue weighted by Gasteiger charge is 2.36. The van der Waals surface area contributed by atoms with Gasteiger partial charge in [-0.3, -0.25) is 0 Å². The lowest BCUT2D eigenvalue weighted by molar-refractivity contribution is 0.480. The van der Waals surface area contributed by atoms with Gasteiger partial charge in [-0.15, -0.1) is 12.4 Å². The number of hydrogen-bond donors (Lipinski definition) is 1. The summed E-state index contributed by atoms with van der Waals surface area (Å²) < 4.78 is 12.8. The molecule has 2 atom stereocenters. The van der Waals surface area contributed by atoms with Gasteiger partial charge >= 0.3 is 0 Å². The molecule has 0 radical (unpaired) electrons. The molecule has 2 aliphatic heterocycles. The Balaban J connectivity index is 0.000000963. The molecule has 0 saturated carbocycles. The maximum absolute atomic E-state index is 12.8. The molecule has 0 aliphatic carbocycles. The van der Waals surface area contributed by atoms with Crippen molar-refractivity contribution in [3.63, 3.8) is 0 Å². The first kappa shape index (κ1) is 11.6. The van der Waals surface area contributed by atoms with E-state index in [4.69, 9.17) is 0 Å². The Morgan fingerprint density at radius 2 is 1.94 bits per heavy atom. The molecule has 0 spiro atoms. The van der Waals surface area contributed by atoms with Gasteiger partial charge in [-0.2, -0.15) is 0 Å². The van der Waals surface area contributed by atoms with Crippen LogP contribution in [0.15, 0.2) is 18.3 Å². The number of rotatable bonds is 1. The van der Waals surface area contributed by atoms with Crippen molar-refractivity contribution < 1.29 is 4.39 Å². The third-order valence-electron chi connectivity index (χ3n) is 3.36. The van der Waals surface area contributed by atoms with Gasteiger partial charge in [0.2, 0.25) is 0 Å². The van der Waals surface area contributed by atoms with Crippen molar-refractivity contribution in [2.75, 3.05) is 18.0 Å². The van der Waals surface area contributed by atoms with E-state index in [0.29, 0.717) is 12.1 Å². The number of anilines is 1. The topological polar surface area (TPSA) is 28.2 Å². The van der Waals surface area contributed by atoms with Gasteiger partial charge in [-0.05, 0) is 25.0 Å². The van der Waals surface area contributed by atoms with Crippen LogP contribution in [0.25, 0.3) is 0 Å². The monoisotopic (exact) mass is 243 g/mol. The average molecular weight is 244 g/mol. The second kappa shape index (κ2) is 4.55. The van der Waals surface area contributed by atoms with Crippen LogP contribution in [0.2, 0.25) is 0 Å². The van der Waals surface area contributed by atoms with E-state index in [1.807, 2.05) is 0 Å². The molecule has 1 aromatic rings. The Bertz CT molecular complexity index is 341. The van der Waals surface area contributed by atoms with Crippen LogP contribution in [0, 0.1) is 5.82 Å². The van der Waals surface area contributed by atoms with Gasteiger partial charge in [-0.25, -0.2) is 9.37 Å². The van der Waals surface area contributed by atoms with E-state index in [1.165, 1.54) is 25.1 Å². The van der Waals surface area contributed by atoms with Crippen molar-refractivity contribution >= 4 is 18.2 Å². The highest BCUT2D eigenvalue weighted by atomic mass is 35.5. The van der Waals surface area contributed by atoms with Gasteiger partial charge in [0.05, 0.1) is 6.20 Å². The number of aromatic nitrogens is 1. The molecular formula is C11H15ClFN3. The van der Waals surface area contributed by atoms with Gasteiger partial charge in [0.15, 0.2) is 0 Å². The predicted octanol–water partition coefficient (Wildman–Crippen LogP) is 1.58. The number of halogens is 2. The number of nitrogens with zero attached hydrogens (tertiary/aromatic N) is 2. The first-order valence-corrected chi connectivity index (χ1v) is 5.45. The third kappa shape index (κ3) is 1.87. The van der Waals surface area contributed by atoms with Crippen LogP contribution in [0.5, 0.6) is 0 Å². The second-order valence-electron chi connectivity index (χ2n) is 4.29. The fourth-order valence-corrected chi connectivity index (χ4v) is 2.67. The van der Waals surface area contributed by atoms with Crippen molar-refractivity contribution in [3.8, 4) is 0 Å². The minimum absolute atomic E-state index is 0. The quantitative estimate of drug-likeness (QED) is 0.812. The van der Waals surface area contributed by atoms with Gasteiger partial charge in [0.1, 0.15) is 11.6 Å². The number of fused-ring (bicyclic) bond motifs is 2. The van der Waals surface area contributed by atoms with E-state index in [9.17, 15) is 4.39 Å². The molecule has 2 unspecified atom stereocenters. The Hall–Kier alpha value is -0.870.